The normalized spacial score (nSPS) is 19.9. The predicted molar refractivity (Wildman–Crippen MR) is 69.1 cm³/mol. The van der Waals surface area contributed by atoms with E-state index in [9.17, 15) is 0 Å². The molecule has 0 radical (unpaired) electrons. The Morgan fingerprint density at radius 1 is 1.31 bits per heavy atom. The second-order valence-corrected chi connectivity index (χ2v) is 4.52. The molecule has 1 aromatic rings. The van der Waals surface area contributed by atoms with E-state index in [0.717, 1.165) is 19.6 Å². The molecule has 16 heavy (non-hydrogen) atoms. The van der Waals surface area contributed by atoms with Gasteiger partial charge in [0.1, 0.15) is 0 Å². The molecular weight excluding hydrogens is 222 g/mol. The fourth-order valence-corrected chi connectivity index (χ4v) is 2.22. The lowest BCUT2D eigenvalue weighted by atomic mass is 9.96. The average molecular weight is 242 g/mol. The van der Waals surface area contributed by atoms with Crippen molar-refractivity contribution in [2.45, 2.75) is 26.0 Å². The second kappa shape index (κ2) is 5.67. The fourth-order valence-electron chi connectivity index (χ4n) is 2.22. The molecule has 0 aliphatic carbocycles. The van der Waals surface area contributed by atoms with Gasteiger partial charge in [-0.05, 0) is 38.6 Å². The number of benzene rings is 1. The summed E-state index contributed by atoms with van der Waals surface area (Å²) in [7, 11) is 4.28. The van der Waals surface area contributed by atoms with Crippen LogP contribution in [0.4, 0.5) is 0 Å². The van der Waals surface area contributed by atoms with Crippen molar-refractivity contribution in [1.82, 2.24) is 4.90 Å². The van der Waals surface area contributed by atoms with E-state index < -0.39 is 0 Å². The van der Waals surface area contributed by atoms with E-state index in [1.165, 1.54) is 16.7 Å². The molecule has 2 nitrogen and oxygen atoms in total. The maximum atomic E-state index is 5.61. The molecule has 1 atom stereocenters. The van der Waals surface area contributed by atoms with Crippen LogP contribution < -0.4 is 0 Å². The van der Waals surface area contributed by atoms with Crippen LogP contribution in [0.5, 0.6) is 0 Å². The summed E-state index contributed by atoms with van der Waals surface area (Å²) < 4.78 is 5.61. The van der Waals surface area contributed by atoms with Gasteiger partial charge in [-0.3, -0.25) is 0 Å². The van der Waals surface area contributed by atoms with Crippen LogP contribution in [0, 0.1) is 6.92 Å². The lowest BCUT2D eigenvalue weighted by Crippen LogP contribution is -2.21. The highest BCUT2D eigenvalue weighted by Crippen LogP contribution is 2.29. The van der Waals surface area contributed by atoms with Crippen LogP contribution in [0.25, 0.3) is 0 Å². The summed E-state index contributed by atoms with van der Waals surface area (Å²) in [6.07, 6.45) is 1.09. The third kappa shape index (κ3) is 2.76. The van der Waals surface area contributed by atoms with Crippen molar-refractivity contribution in [3.8, 4) is 0 Å². The van der Waals surface area contributed by atoms with Crippen molar-refractivity contribution < 1.29 is 4.74 Å². The zero-order chi connectivity index (χ0) is 10.8. The van der Waals surface area contributed by atoms with Gasteiger partial charge < -0.3 is 9.64 Å². The Hall–Kier alpha value is -0.570. The average Bonchev–Trinajstić information content (AvgIpc) is 2.39. The molecule has 1 heterocycles. The van der Waals surface area contributed by atoms with Gasteiger partial charge in [0.2, 0.25) is 0 Å². The number of aryl methyl sites for hydroxylation is 1. The van der Waals surface area contributed by atoms with Gasteiger partial charge in [-0.2, -0.15) is 0 Å². The summed E-state index contributed by atoms with van der Waals surface area (Å²) in [5.74, 6) is 0. The molecule has 1 unspecified atom stereocenters. The van der Waals surface area contributed by atoms with Gasteiger partial charge in [-0.25, -0.2) is 0 Å². The third-order valence-corrected chi connectivity index (χ3v) is 3.08. The SMILES string of the molecule is Cc1ccc2c(c1)C(N(C)C)CCOC2.Cl. The van der Waals surface area contributed by atoms with E-state index in [2.05, 4.69) is 44.1 Å². The molecule has 0 fully saturated rings. The number of hydrogen-bond acceptors (Lipinski definition) is 2. The second-order valence-electron chi connectivity index (χ2n) is 4.52. The summed E-state index contributed by atoms with van der Waals surface area (Å²) >= 11 is 0. The monoisotopic (exact) mass is 241 g/mol. The van der Waals surface area contributed by atoms with E-state index in [1.54, 1.807) is 0 Å². The first kappa shape index (κ1) is 13.5. The zero-order valence-corrected chi connectivity index (χ0v) is 11.0. The molecule has 3 heteroatoms. The zero-order valence-electron chi connectivity index (χ0n) is 10.2. The van der Waals surface area contributed by atoms with Crippen LogP contribution in [0.15, 0.2) is 18.2 Å². The molecular formula is C13H20ClNO. The van der Waals surface area contributed by atoms with Crippen molar-refractivity contribution in [2.24, 2.45) is 0 Å². The van der Waals surface area contributed by atoms with Crippen molar-refractivity contribution >= 4 is 12.4 Å². The highest BCUT2D eigenvalue weighted by molar-refractivity contribution is 5.85. The first-order valence-corrected chi connectivity index (χ1v) is 5.52. The first-order valence-electron chi connectivity index (χ1n) is 5.52. The van der Waals surface area contributed by atoms with Gasteiger partial charge in [-0.1, -0.05) is 23.8 Å². The van der Waals surface area contributed by atoms with Crippen LogP contribution in [0.1, 0.15) is 29.2 Å². The minimum atomic E-state index is 0. The molecule has 0 amide bonds. The highest BCUT2D eigenvalue weighted by atomic mass is 35.5. The summed E-state index contributed by atoms with van der Waals surface area (Å²) in [6, 6.07) is 7.17. The van der Waals surface area contributed by atoms with Crippen LogP contribution in [0.2, 0.25) is 0 Å². The van der Waals surface area contributed by atoms with E-state index in [0.29, 0.717) is 6.04 Å². The molecule has 1 aliphatic rings. The Balaban J connectivity index is 0.00000128. The van der Waals surface area contributed by atoms with Crippen LogP contribution in [-0.4, -0.2) is 25.6 Å². The van der Waals surface area contributed by atoms with Crippen molar-refractivity contribution in [3.05, 3.63) is 34.9 Å². The van der Waals surface area contributed by atoms with Gasteiger partial charge >= 0.3 is 0 Å². The summed E-state index contributed by atoms with van der Waals surface area (Å²) in [4.78, 5) is 2.28. The molecule has 0 spiro atoms. The number of nitrogens with zero attached hydrogens (tertiary/aromatic N) is 1. The van der Waals surface area contributed by atoms with Crippen LogP contribution in [0.3, 0.4) is 0 Å². The number of rotatable bonds is 1. The van der Waals surface area contributed by atoms with Gasteiger partial charge in [0.05, 0.1) is 6.61 Å². The molecule has 0 aromatic heterocycles. The maximum Gasteiger partial charge on any atom is 0.0720 e. The van der Waals surface area contributed by atoms with Crippen LogP contribution >= 0.6 is 12.4 Å². The number of hydrogen-bond donors (Lipinski definition) is 0. The summed E-state index contributed by atoms with van der Waals surface area (Å²) in [5, 5.41) is 0. The molecule has 0 saturated carbocycles. The smallest absolute Gasteiger partial charge is 0.0720 e. The number of ether oxygens (including phenoxy) is 1. The number of fused-ring (bicyclic) bond motifs is 1. The molecule has 2 rings (SSSR count). The van der Waals surface area contributed by atoms with Crippen molar-refractivity contribution in [3.63, 3.8) is 0 Å². The van der Waals surface area contributed by atoms with Crippen LogP contribution in [-0.2, 0) is 11.3 Å². The van der Waals surface area contributed by atoms with E-state index in [1.807, 2.05) is 0 Å². The minimum absolute atomic E-state index is 0. The molecule has 0 bridgehead atoms. The van der Waals surface area contributed by atoms with Crippen molar-refractivity contribution in [2.75, 3.05) is 20.7 Å². The quantitative estimate of drug-likeness (QED) is 0.750. The summed E-state index contributed by atoms with van der Waals surface area (Å²) in [5.41, 5.74) is 4.12. The van der Waals surface area contributed by atoms with E-state index >= 15 is 0 Å². The van der Waals surface area contributed by atoms with Gasteiger partial charge in [0, 0.05) is 12.6 Å². The number of halogens is 1. The van der Waals surface area contributed by atoms with E-state index in [4.69, 9.17) is 4.74 Å². The Kier molecular flexibility index (Phi) is 4.78. The van der Waals surface area contributed by atoms with Gasteiger partial charge in [0.25, 0.3) is 0 Å². The van der Waals surface area contributed by atoms with Crippen molar-refractivity contribution in [1.29, 1.82) is 0 Å². The summed E-state index contributed by atoms with van der Waals surface area (Å²) in [6.45, 7) is 3.77. The van der Waals surface area contributed by atoms with Gasteiger partial charge in [-0.15, -0.1) is 12.4 Å². The Bertz CT molecular complexity index is 352. The Morgan fingerprint density at radius 3 is 2.75 bits per heavy atom. The third-order valence-electron chi connectivity index (χ3n) is 3.08. The lowest BCUT2D eigenvalue weighted by molar-refractivity contribution is 0.111. The van der Waals surface area contributed by atoms with Gasteiger partial charge in [0.15, 0.2) is 0 Å². The molecule has 0 saturated heterocycles. The van der Waals surface area contributed by atoms with E-state index in [-0.39, 0.29) is 12.4 Å². The lowest BCUT2D eigenvalue weighted by Gasteiger charge is -2.24. The first-order chi connectivity index (χ1) is 7.18. The molecule has 0 N–H and O–H groups in total. The minimum Gasteiger partial charge on any atom is -0.377 e. The predicted octanol–water partition coefficient (Wildman–Crippen LogP) is 2.94. The largest absolute Gasteiger partial charge is 0.377 e. The molecule has 1 aromatic carbocycles. The topological polar surface area (TPSA) is 12.5 Å². The molecule has 1 aliphatic heterocycles. The fraction of sp³-hybridized carbons (Fsp3) is 0.538. The maximum absolute atomic E-state index is 5.61. The Morgan fingerprint density at radius 2 is 2.06 bits per heavy atom. The highest BCUT2D eigenvalue weighted by Gasteiger charge is 2.20. The molecule has 90 valence electrons. The Labute approximate surface area is 104 Å². The standard InChI is InChI=1S/C13H19NO.ClH/c1-10-4-5-11-9-15-7-6-13(14(2)3)12(11)8-10;/h4-5,8,13H,6-7,9H2,1-3H3;1H.